The Hall–Kier alpha value is -2.80. The molecule has 1 fully saturated rings. The first-order chi connectivity index (χ1) is 13.2. The zero-order chi connectivity index (χ0) is 18.6. The summed E-state index contributed by atoms with van der Waals surface area (Å²) in [7, 11) is 1.85. The van der Waals surface area contributed by atoms with Crippen LogP contribution in [-0.2, 0) is 20.0 Å². The summed E-state index contributed by atoms with van der Waals surface area (Å²) in [6, 6.07) is 10.1. The minimum absolute atomic E-state index is 0.0356. The third-order valence-corrected chi connectivity index (χ3v) is 4.99. The highest BCUT2D eigenvalue weighted by Gasteiger charge is 2.29. The quantitative estimate of drug-likeness (QED) is 0.625. The van der Waals surface area contributed by atoms with Crippen LogP contribution in [0.1, 0.15) is 40.7 Å². The SMILES string of the molecule is Cn1ccnc1C(=O)C1CCCN(Cc2nc(Cc3ccccc3)no2)C1. The molecule has 7 nitrogen and oxygen atoms in total. The number of imidazole rings is 1. The molecule has 0 radical (unpaired) electrons. The average Bonchev–Trinajstić information content (AvgIpc) is 3.31. The molecule has 7 heteroatoms. The molecule has 0 saturated carbocycles. The second-order valence-corrected chi connectivity index (χ2v) is 7.07. The summed E-state index contributed by atoms with van der Waals surface area (Å²) in [5, 5.41) is 4.09. The summed E-state index contributed by atoms with van der Waals surface area (Å²) in [5.41, 5.74) is 1.16. The van der Waals surface area contributed by atoms with Crippen LogP contribution in [0.25, 0.3) is 0 Å². The van der Waals surface area contributed by atoms with Gasteiger partial charge in [0.1, 0.15) is 0 Å². The van der Waals surface area contributed by atoms with E-state index >= 15 is 0 Å². The minimum Gasteiger partial charge on any atom is -0.338 e. The van der Waals surface area contributed by atoms with E-state index in [9.17, 15) is 4.79 Å². The maximum atomic E-state index is 12.7. The number of ketones is 1. The number of carbonyl (C=O) groups excluding carboxylic acids is 1. The molecule has 1 aromatic carbocycles. The van der Waals surface area contributed by atoms with Crippen molar-refractivity contribution in [2.75, 3.05) is 13.1 Å². The van der Waals surface area contributed by atoms with Gasteiger partial charge in [-0.25, -0.2) is 4.98 Å². The number of piperidine rings is 1. The van der Waals surface area contributed by atoms with Crippen LogP contribution < -0.4 is 0 Å². The van der Waals surface area contributed by atoms with Gasteiger partial charge in [-0.2, -0.15) is 4.98 Å². The molecule has 1 unspecified atom stereocenters. The molecule has 0 aliphatic carbocycles. The molecule has 0 amide bonds. The maximum Gasteiger partial charge on any atom is 0.240 e. The standard InChI is InChI=1S/C20H23N5O2/c1-24-11-9-21-20(24)19(26)16-8-5-10-25(13-16)14-18-22-17(23-27-18)12-15-6-3-2-4-7-15/h2-4,6-7,9,11,16H,5,8,10,12-14H2,1H3. The van der Waals surface area contributed by atoms with Crippen molar-refractivity contribution >= 4 is 5.78 Å². The molecule has 2 aromatic heterocycles. The predicted octanol–water partition coefficient (Wildman–Crippen LogP) is 2.49. The first-order valence-electron chi connectivity index (χ1n) is 9.28. The van der Waals surface area contributed by atoms with Crippen molar-refractivity contribution < 1.29 is 9.32 Å². The number of aromatic nitrogens is 4. The molecule has 1 saturated heterocycles. The van der Waals surface area contributed by atoms with Gasteiger partial charge in [-0.15, -0.1) is 0 Å². The maximum absolute atomic E-state index is 12.7. The predicted molar refractivity (Wildman–Crippen MR) is 99.1 cm³/mol. The summed E-state index contributed by atoms with van der Waals surface area (Å²) in [4.78, 5) is 23.7. The topological polar surface area (TPSA) is 77.1 Å². The lowest BCUT2D eigenvalue weighted by molar-refractivity contribution is 0.0783. The summed E-state index contributed by atoms with van der Waals surface area (Å²) < 4.78 is 7.21. The second kappa shape index (κ2) is 7.84. The lowest BCUT2D eigenvalue weighted by Crippen LogP contribution is -2.39. The van der Waals surface area contributed by atoms with Crippen molar-refractivity contribution in [3.8, 4) is 0 Å². The fourth-order valence-electron chi connectivity index (χ4n) is 3.59. The molecule has 1 atom stereocenters. The highest BCUT2D eigenvalue weighted by Crippen LogP contribution is 2.21. The van der Waals surface area contributed by atoms with Crippen LogP contribution in [0.2, 0.25) is 0 Å². The largest absolute Gasteiger partial charge is 0.338 e. The molecule has 3 aromatic rings. The van der Waals surface area contributed by atoms with E-state index in [-0.39, 0.29) is 11.7 Å². The zero-order valence-corrected chi connectivity index (χ0v) is 15.4. The van der Waals surface area contributed by atoms with Crippen LogP contribution in [-0.4, -0.2) is 43.5 Å². The zero-order valence-electron chi connectivity index (χ0n) is 15.4. The van der Waals surface area contributed by atoms with Crippen LogP contribution in [0.5, 0.6) is 0 Å². The third-order valence-electron chi connectivity index (χ3n) is 4.99. The van der Waals surface area contributed by atoms with E-state index in [1.54, 1.807) is 17.0 Å². The Balaban J connectivity index is 1.37. The highest BCUT2D eigenvalue weighted by atomic mass is 16.5. The van der Waals surface area contributed by atoms with E-state index in [0.717, 1.165) is 24.9 Å². The fraction of sp³-hybridized carbons (Fsp3) is 0.400. The van der Waals surface area contributed by atoms with Crippen molar-refractivity contribution in [1.82, 2.24) is 24.6 Å². The van der Waals surface area contributed by atoms with E-state index in [2.05, 4.69) is 32.2 Å². The van der Waals surface area contributed by atoms with Gasteiger partial charge < -0.3 is 9.09 Å². The summed E-state index contributed by atoms with van der Waals surface area (Å²) in [5.74, 6) is 1.90. The van der Waals surface area contributed by atoms with Crippen LogP contribution in [0.4, 0.5) is 0 Å². The Morgan fingerprint density at radius 3 is 2.93 bits per heavy atom. The van der Waals surface area contributed by atoms with E-state index in [1.807, 2.05) is 25.2 Å². The molecule has 0 spiro atoms. The molecule has 0 bridgehead atoms. The molecule has 0 N–H and O–H groups in total. The normalized spacial score (nSPS) is 17.9. The van der Waals surface area contributed by atoms with Crippen molar-refractivity contribution in [2.24, 2.45) is 13.0 Å². The van der Waals surface area contributed by atoms with Crippen LogP contribution >= 0.6 is 0 Å². The molecule has 1 aliphatic rings. The average molecular weight is 365 g/mol. The first kappa shape index (κ1) is 17.6. The van der Waals surface area contributed by atoms with Gasteiger partial charge in [-0.05, 0) is 24.9 Å². The van der Waals surface area contributed by atoms with Crippen LogP contribution in [0.15, 0.2) is 47.2 Å². The van der Waals surface area contributed by atoms with Crippen molar-refractivity contribution in [3.05, 3.63) is 65.8 Å². The Morgan fingerprint density at radius 1 is 1.30 bits per heavy atom. The molecule has 140 valence electrons. The number of aryl methyl sites for hydroxylation is 1. The van der Waals surface area contributed by atoms with E-state index in [0.29, 0.717) is 37.0 Å². The Morgan fingerprint density at radius 2 is 2.15 bits per heavy atom. The van der Waals surface area contributed by atoms with Gasteiger partial charge in [-0.3, -0.25) is 9.69 Å². The van der Waals surface area contributed by atoms with Crippen molar-refractivity contribution in [2.45, 2.75) is 25.8 Å². The van der Waals surface area contributed by atoms with Gasteiger partial charge >= 0.3 is 0 Å². The number of rotatable bonds is 6. The smallest absolute Gasteiger partial charge is 0.240 e. The Bertz CT molecular complexity index is 902. The minimum atomic E-state index is -0.0356. The summed E-state index contributed by atoms with van der Waals surface area (Å²) >= 11 is 0. The van der Waals surface area contributed by atoms with Gasteiger partial charge in [0.2, 0.25) is 11.7 Å². The van der Waals surface area contributed by atoms with Gasteiger partial charge in [0.15, 0.2) is 11.6 Å². The van der Waals surface area contributed by atoms with E-state index < -0.39 is 0 Å². The van der Waals surface area contributed by atoms with Crippen LogP contribution in [0, 0.1) is 5.92 Å². The highest BCUT2D eigenvalue weighted by molar-refractivity contribution is 5.94. The number of hydrogen-bond donors (Lipinski definition) is 0. The van der Waals surface area contributed by atoms with Crippen molar-refractivity contribution in [3.63, 3.8) is 0 Å². The number of carbonyl (C=O) groups is 1. The summed E-state index contributed by atoms with van der Waals surface area (Å²) in [6.07, 6.45) is 6.00. The molecule has 27 heavy (non-hydrogen) atoms. The van der Waals surface area contributed by atoms with Crippen molar-refractivity contribution in [1.29, 1.82) is 0 Å². The van der Waals surface area contributed by atoms with Crippen LogP contribution in [0.3, 0.4) is 0 Å². The Kier molecular flexibility index (Phi) is 5.11. The summed E-state index contributed by atoms with van der Waals surface area (Å²) in [6.45, 7) is 2.20. The number of benzene rings is 1. The Labute approximate surface area is 158 Å². The van der Waals surface area contributed by atoms with Gasteiger partial charge in [0.25, 0.3) is 0 Å². The third kappa shape index (κ3) is 4.14. The van der Waals surface area contributed by atoms with Gasteiger partial charge in [0, 0.05) is 38.3 Å². The number of hydrogen-bond acceptors (Lipinski definition) is 6. The second-order valence-electron chi connectivity index (χ2n) is 7.07. The number of Topliss-reactive ketones (excluding diaryl/α,β-unsaturated/α-hetero) is 1. The van der Waals surface area contributed by atoms with E-state index in [4.69, 9.17) is 4.52 Å². The lowest BCUT2D eigenvalue weighted by atomic mass is 9.93. The van der Waals surface area contributed by atoms with E-state index in [1.165, 1.54) is 0 Å². The molecular weight excluding hydrogens is 342 g/mol. The first-order valence-corrected chi connectivity index (χ1v) is 9.28. The van der Waals surface area contributed by atoms with Gasteiger partial charge in [-0.1, -0.05) is 35.5 Å². The fourth-order valence-corrected chi connectivity index (χ4v) is 3.59. The number of likely N-dealkylation sites (tertiary alicyclic amines) is 1. The lowest BCUT2D eigenvalue weighted by Gasteiger charge is -2.30. The van der Waals surface area contributed by atoms with Gasteiger partial charge in [0.05, 0.1) is 6.54 Å². The molecular formula is C20H23N5O2. The number of nitrogens with zero attached hydrogens (tertiary/aromatic N) is 5. The molecule has 4 rings (SSSR count). The molecule has 1 aliphatic heterocycles. The molecule has 3 heterocycles. The monoisotopic (exact) mass is 365 g/mol.